The topological polar surface area (TPSA) is 79.3 Å². The minimum Gasteiger partial charge on any atom is -0.315 e. The van der Waals surface area contributed by atoms with Crippen LogP contribution in [0.1, 0.15) is 39.8 Å². The van der Waals surface area contributed by atoms with Gasteiger partial charge in [-0.25, -0.2) is 9.48 Å². The molecule has 0 bridgehead atoms. The van der Waals surface area contributed by atoms with Crippen molar-refractivity contribution in [2.45, 2.75) is 39.5 Å². The fraction of sp³-hybridized carbons (Fsp3) is 0.320. The molecule has 0 spiro atoms. The van der Waals surface area contributed by atoms with Crippen LogP contribution >= 0.6 is 46.4 Å². The van der Waals surface area contributed by atoms with Gasteiger partial charge in [0.25, 0.3) is 0 Å². The molecule has 3 aromatic rings. The molecule has 7 nitrogen and oxygen atoms in total. The van der Waals surface area contributed by atoms with Crippen LogP contribution in [0.5, 0.6) is 0 Å². The third-order valence-corrected chi connectivity index (χ3v) is 6.76. The number of amides is 3. The van der Waals surface area contributed by atoms with Crippen LogP contribution in [-0.4, -0.2) is 39.7 Å². The number of hydrogen-bond donors (Lipinski definition) is 2. The maximum Gasteiger partial charge on any atom is 0.322 e. The first kappa shape index (κ1) is 28.1. The SMILES string of the molecule is CCCN(CC(=O)Nc1cc(C(C)(C)C)nn1-c1ccc(Cl)c(Cl)c1)C(=O)Nc1cccc(Cl)c1Cl. The summed E-state index contributed by atoms with van der Waals surface area (Å²) in [5, 5.41) is 11.6. The summed E-state index contributed by atoms with van der Waals surface area (Å²) in [6, 6.07) is 11.4. The number of rotatable bonds is 7. The van der Waals surface area contributed by atoms with Crippen molar-refractivity contribution in [1.29, 1.82) is 0 Å². The van der Waals surface area contributed by atoms with Crippen molar-refractivity contribution in [3.63, 3.8) is 0 Å². The Kier molecular flexibility index (Phi) is 9.17. The lowest BCUT2D eigenvalue weighted by molar-refractivity contribution is -0.116. The van der Waals surface area contributed by atoms with Crippen molar-refractivity contribution in [3.05, 3.63) is 68.2 Å². The number of urea groups is 1. The van der Waals surface area contributed by atoms with Crippen LogP contribution in [-0.2, 0) is 10.2 Å². The second-order valence-electron chi connectivity index (χ2n) is 9.18. The number of carbonyl (C=O) groups excluding carboxylic acids is 2. The van der Waals surface area contributed by atoms with Gasteiger partial charge in [-0.3, -0.25) is 4.79 Å². The molecule has 0 saturated carbocycles. The Morgan fingerprint density at radius 3 is 2.33 bits per heavy atom. The number of anilines is 2. The van der Waals surface area contributed by atoms with Gasteiger partial charge in [0.2, 0.25) is 5.91 Å². The van der Waals surface area contributed by atoms with E-state index in [9.17, 15) is 9.59 Å². The summed E-state index contributed by atoms with van der Waals surface area (Å²) in [5.74, 6) is 0.0514. The molecule has 0 atom stereocenters. The average Bonchev–Trinajstić information content (AvgIpc) is 3.22. The Balaban J connectivity index is 1.83. The van der Waals surface area contributed by atoms with E-state index in [2.05, 4.69) is 15.7 Å². The van der Waals surface area contributed by atoms with E-state index in [0.717, 1.165) is 5.69 Å². The Bertz CT molecular complexity index is 1270. The predicted octanol–water partition coefficient (Wildman–Crippen LogP) is 7.67. The molecular weight excluding hydrogens is 544 g/mol. The maximum absolute atomic E-state index is 13.1. The van der Waals surface area contributed by atoms with Gasteiger partial charge in [0.05, 0.1) is 37.2 Å². The van der Waals surface area contributed by atoms with Gasteiger partial charge in [-0.15, -0.1) is 0 Å². The number of nitrogens with one attached hydrogen (secondary N) is 2. The molecule has 36 heavy (non-hydrogen) atoms. The molecule has 0 aliphatic rings. The number of nitrogens with zero attached hydrogens (tertiary/aromatic N) is 3. The van der Waals surface area contributed by atoms with Gasteiger partial charge < -0.3 is 15.5 Å². The molecule has 192 valence electrons. The molecule has 11 heteroatoms. The minimum atomic E-state index is -0.468. The van der Waals surface area contributed by atoms with Crippen LogP contribution < -0.4 is 10.6 Å². The van der Waals surface area contributed by atoms with Crippen molar-refractivity contribution in [1.82, 2.24) is 14.7 Å². The normalized spacial score (nSPS) is 11.3. The Morgan fingerprint density at radius 1 is 0.972 bits per heavy atom. The number of carbonyl (C=O) groups is 2. The van der Waals surface area contributed by atoms with Crippen molar-refractivity contribution < 1.29 is 9.59 Å². The smallest absolute Gasteiger partial charge is 0.315 e. The van der Waals surface area contributed by atoms with Gasteiger partial charge in [0.1, 0.15) is 12.4 Å². The molecule has 3 amide bonds. The summed E-state index contributed by atoms with van der Waals surface area (Å²) >= 11 is 24.5. The van der Waals surface area contributed by atoms with Crippen LogP contribution in [0.4, 0.5) is 16.3 Å². The Labute approximate surface area is 230 Å². The zero-order chi connectivity index (χ0) is 26.6. The van der Waals surface area contributed by atoms with Gasteiger partial charge in [-0.05, 0) is 36.8 Å². The number of halogens is 4. The van der Waals surface area contributed by atoms with Gasteiger partial charge in [-0.1, -0.05) is 80.2 Å². The molecule has 0 fully saturated rings. The van der Waals surface area contributed by atoms with Crippen LogP contribution in [0, 0.1) is 0 Å². The lowest BCUT2D eigenvalue weighted by Gasteiger charge is -2.22. The van der Waals surface area contributed by atoms with Crippen LogP contribution in [0.2, 0.25) is 20.1 Å². The molecule has 2 aromatic carbocycles. The fourth-order valence-electron chi connectivity index (χ4n) is 3.32. The Hall–Kier alpha value is -2.45. The highest BCUT2D eigenvalue weighted by Crippen LogP contribution is 2.31. The largest absolute Gasteiger partial charge is 0.322 e. The predicted molar refractivity (Wildman–Crippen MR) is 148 cm³/mol. The minimum absolute atomic E-state index is 0.185. The highest BCUT2D eigenvalue weighted by atomic mass is 35.5. The van der Waals surface area contributed by atoms with E-state index in [4.69, 9.17) is 46.4 Å². The highest BCUT2D eigenvalue weighted by Gasteiger charge is 2.23. The van der Waals surface area contributed by atoms with E-state index in [1.165, 1.54) is 4.90 Å². The van der Waals surface area contributed by atoms with E-state index in [1.54, 1.807) is 47.1 Å². The molecular formula is C25H27Cl4N5O2. The Morgan fingerprint density at radius 2 is 1.69 bits per heavy atom. The molecule has 2 N–H and O–H groups in total. The van der Waals surface area contributed by atoms with Gasteiger partial charge in [0.15, 0.2) is 0 Å². The van der Waals surface area contributed by atoms with Crippen LogP contribution in [0.3, 0.4) is 0 Å². The highest BCUT2D eigenvalue weighted by molar-refractivity contribution is 6.44. The second-order valence-corrected chi connectivity index (χ2v) is 10.8. The molecule has 3 rings (SSSR count). The molecule has 0 unspecified atom stereocenters. The van der Waals surface area contributed by atoms with E-state index in [-0.39, 0.29) is 17.0 Å². The maximum atomic E-state index is 13.1. The molecule has 0 radical (unpaired) electrons. The number of aromatic nitrogens is 2. The van der Waals surface area contributed by atoms with Gasteiger partial charge in [0, 0.05) is 18.0 Å². The average molecular weight is 571 g/mol. The summed E-state index contributed by atoms with van der Waals surface area (Å²) in [4.78, 5) is 27.4. The molecule has 0 aliphatic heterocycles. The summed E-state index contributed by atoms with van der Waals surface area (Å²) < 4.78 is 1.59. The molecule has 0 saturated heterocycles. The van der Waals surface area contributed by atoms with Gasteiger partial charge >= 0.3 is 6.03 Å². The summed E-state index contributed by atoms with van der Waals surface area (Å²) in [7, 11) is 0. The quantitative estimate of drug-likeness (QED) is 0.306. The van der Waals surface area contributed by atoms with Crippen molar-refractivity contribution in [2.24, 2.45) is 0 Å². The molecule has 1 aromatic heterocycles. The zero-order valence-electron chi connectivity index (χ0n) is 20.3. The van der Waals surface area contributed by atoms with E-state index in [0.29, 0.717) is 45.2 Å². The van der Waals surface area contributed by atoms with E-state index in [1.807, 2.05) is 27.7 Å². The number of hydrogen-bond acceptors (Lipinski definition) is 3. The first-order chi connectivity index (χ1) is 16.9. The van der Waals surface area contributed by atoms with E-state index < -0.39 is 11.9 Å². The van der Waals surface area contributed by atoms with E-state index >= 15 is 0 Å². The monoisotopic (exact) mass is 569 g/mol. The van der Waals surface area contributed by atoms with Crippen molar-refractivity contribution in [2.75, 3.05) is 23.7 Å². The first-order valence-corrected chi connectivity index (χ1v) is 12.8. The van der Waals surface area contributed by atoms with Crippen LogP contribution in [0.15, 0.2) is 42.5 Å². The lowest BCUT2D eigenvalue weighted by Crippen LogP contribution is -2.41. The lowest BCUT2D eigenvalue weighted by atomic mass is 9.92. The first-order valence-electron chi connectivity index (χ1n) is 11.3. The fourth-order valence-corrected chi connectivity index (χ4v) is 3.96. The van der Waals surface area contributed by atoms with Crippen molar-refractivity contribution in [3.8, 4) is 5.69 Å². The summed E-state index contributed by atoms with van der Waals surface area (Å²) in [6.45, 7) is 8.16. The summed E-state index contributed by atoms with van der Waals surface area (Å²) in [5.41, 5.74) is 1.49. The second kappa shape index (κ2) is 11.7. The molecule has 0 aliphatic carbocycles. The molecule has 1 heterocycles. The van der Waals surface area contributed by atoms with Crippen molar-refractivity contribution >= 4 is 69.8 Å². The summed E-state index contributed by atoms with van der Waals surface area (Å²) in [6.07, 6.45) is 0.652. The third-order valence-electron chi connectivity index (χ3n) is 5.20. The number of benzene rings is 2. The zero-order valence-corrected chi connectivity index (χ0v) is 23.4. The standard InChI is InChI=1S/C25H27Cl4N5O2/c1-5-11-33(24(36)30-19-8-6-7-17(27)23(19)29)14-22(35)31-21-13-20(25(2,3)4)32-34(21)15-9-10-16(26)18(28)12-15/h6-10,12-13H,5,11,14H2,1-4H3,(H,30,36)(H,31,35). The third kappa shape index (κ3) is 6.85. The van der Waals surface area contributed by atoms with Gasteiger partial charge in [-0.2, -0.15) is 5.10 Å². The van der Waals surface area contributed by atoms with Crippen LogP contribution in [0.25, 0.3) is 5.69 Å².